The van der Waals surface area contributed by atoms with Crippen molar-refractivity contribution in [2.45, 2.75) is 6.92 Å². The van der Waals surface area contributed by atoms with Gasteiger partial charge in [0.2, 0.25) is 5.12 Å². The molecule has 0 aromatic heterocycles. The largest absolute Gasteiger partial charge is 1.00 e. The van der Waals surface area contributed by atoms with Crippen LogP contribution >= 0.6 is 11.8 Å². The number of rotatable bonds is 3. The smallest absolute Gasteiger partial charge is 0.747 e. The van der Waals surface area contributed by atoms with Crippen molar-refractivity contribution in [2.75, 3.05) is 5.08 Å². The number of thioether (sulfide) groups is 1. The summed E-state index contributed by atoms with van der Waals surface area (Å²) in [6.45, 7) is 4.74. The zero-order valence-electron chi connectivity index (χ0n) is 6.86. The van der Waals surface area contributed by atoms with Crippen LogP contribution in [-0.4, -0.2) is 23.2 Å². The van der Waals surface area contributed by atoms with Crippen LogP contribution in [0.3, 0.4) is 0 Å². The molecule has 0 aliphatic rings. The van der Waals surface area contributed by atoms with E-state index in [4.69, 9.17) is 0 Å². The van der Waals surface area contributed by atoms with E-state index >= 15 is 0 Å². The minimum absolute atomic E-state index is 0. The average Bonchev–Trinajstić information content (AvgIpc) is 1.80. The second kappa shape index (κ2) is 6.71. The van der Waals surface area contributed by atoms with E-state index in [-0.39, 0.29) is 57.0 Å². The molecule has 0 amide bonds. The molecule has 7 heteroatoms. The van der Waals surface area contributed by atoms with E-state index in [2.05, 4.69) is 6.58 Å². The standard InChI is InChI=1S/C5H8O4S2.K/c1-4(2)5(6)10-3-11(7,8)9;/h1,3H2,2H3,(H,7,8,9);/q;+1/p-1. The molecular formula is C5H7KO4S2. The summed E-state index contributed by atoms with van der Waals surface area (Å²) in [4.78, 5) is 10.6. The molecule has 0 bridgehead atoms. The summed E-state index contributed by atoms with van der Waals surface area (Å²) in [5, 5.41) is -1.19. The van der Waals surface area contributed by atoms with E-state index in [0.717, 1.165) is 0 Å². The fraction of sp³-hybridized carbons (Fsp3) is 0.400. The van der Waals surface area contributed by atoms with Gasteiger partial charge in [-0.15, -0.1) is 0 Å². The van der Waals surface area contributed by atoms with Crippen molar-refractivity contribution in [1.82, 2.24) is 0 Å². The molecule has 0 aromatic rings. The first-order chi connectivity index (χ1) is 4.83. The van der Waals surface area contributed by atoms with Crippen LogP contribution in [0.1, 0.15) is 6.92 Å². The van der Waals surface area contributed by atoms with Gasteiger partial charge in [0, 0.05) is 0 Å². The maximum atomic E-state index is 10.6. The van der Waals surface area contributed by atoms with Crippen LogP contribution in [-0.2, 0) is 14.9 Å². The monoisotopic (exact) mass is 234 g/mol. The average molecular weight is 234 g/mol. The van der Waals surface area contributed by atoms with E-state index in [9.17, 15) is 17.8 Å². The van der Waals surface area contributed by atoms with Gasteiger partial charge in [-0.05, 0) is 12.5 Å². The van der Waals surface area contributed by atoms with Gasteiger partial charge in [-0.3, -0.25) is 4.79 Å². The summed E-state index contributed by atoms with van der Waals surface area (Å²) in [6.07, 6.45) is 0. The molecule has 64 valence electrons. The van der Waals surface area contributed by atoms with Gasteiger partial charge in [0.1, 0.15) is 10.1 Å². The van der Waals surface area contributed by atoms with Gasteiger partial charge in [-0.1, -0.05) is 18.3 Å². The SMILES string of the molecule is C=C(C)C(=O)SCS(=O)(=O)[O-].[K+]. The van der Waals surface area contributed by atoms with Crippen molar-refractivity contribution in [1.29, 1.82) is 0 Å². The van der Waals surface area contributed by atoms with Gasteiger partial charge in [-0.25, -0.2) is 8.42 Å². The first-order valence-electron chi connectivity index (χ1n) is 2.59. The van der Waals surface area contributed by atoms with Crippen molar-refractivity contribution >= 4 is 27.0 Å². The second-order valence-electron chi connectivity index (χ2n) is 1.89. The molecule has 0 aromatic carbocycles. The summed E-state index contributed by atoms with van der Waals surface area (Å²) in [5.41, 5.74) is 0.235. The molecule has 0 heterocycles. The Morgan fingerprint density at radius 3 is 2.25 bits per heavy atom. The molecular weight excluding hydrogens is 227 g/mol. The van der Waals surface area contributed by atoms with E-state index in [1.165, 1.54) is 6.92 Å². The molecule has 0 aliphatic carbocycles. The maximum absolute atomic E-state index is 10.6. The molecule has 0 N–H and O–H groups in total. The molecule has 0 spiro atoms. The zero-order chi connectivity index (χ0) is 9.07. The molecule has 0 saturated carbocycles. The number of carbonyl (C=O) groups excluding carboxylic acids is 1. The van der Waals surface area contributed by atoms with Crippen molar-refractivity contribution < 1.29 is 69.1 Å². The summed E-state index contributed by atoms with van der Waals surface area (Å²) in [5.74, 6) is 0. The Hall–Kier alpha value is 1.31. The molecule has 0 fully saturated rings. The minimum atomic E-state index is -4.30. The Labute approximate surface area is 118 Å². The molecule has 0 rings (SSSR count). The summed E-state index contributed by atoms with van der Waals surface area (Å²) < 4.78 is 30.0. The van der Waals surface area contributed by atoms with Crippen LogP contribution in [0, 0.1) is 0 Å². The maximum Gasteiger partial charge on any atom is 1.00 e. The van der Waals surface area contributed by atoms with Crippen LogP contribution in [0.5, 0.6) is 0 Å². The molecule has 4 nitrogen and oxygen atoms in total. The van der Waals surface area contributed by atoms with E-state index in [0.29, 0.717) is 11.8 Å². The third-order valence-electron chi connectivity index (χ3n) is 0.683. The zero-order valence-corrected chi connectivity index (χ0v) is 11.6. The van der Waals surface area contributed by atoms with Gasteiger partial charge < -0.3 is 4.55 Å². The predicted molar refractivity (Wildman–Crippen MR) is 42.0 cm³/mol. The fourth-order valence-corrected chi connectivity index (χ4v) is 1.50. The summed E-state index contributed by atoms with van der Waals surface area (Å²) in [7, 11) is -4.30. The van der Waals surface area contributed by atoms with Crippen LogP contribution in [0.2, 0.25) is 0 Å². The predicted octanol–water partition coefficient (Wildman–Crippen LogP) is -2.67. The second-order valence-corrected chi connectivity index (χ2v) is 4.61. The van der Waals surface area contributed by atoms with Crippen molar-refractivity contribution in [2.24, 2.45) is 0 Å². The first kappa shape index (κ1) is 15.8. The Bertz CT molecular complexity index is 269. The topological polar surface area (TPSA) is 74.3 Å². The summed E-state index contributed by atoms with van der Waals surface area (Å²) in [6, 6.07) is 0. The number of hydrogen-bond acceptors (Lipinski definition) is 5. The van der Waals surface area contributed by atoms with Crippen molar-refractivity contribution in [3.05, 3.63) is 12.2 Å². The first-order valence-corrected chi connectivity index (χ1v) is 5.15. The molecule has 0 atom stereocenters. The Morgan fingerprint density at radius 2 is 2.00 bits per heavy atom. The van der Waals surface area contributed by atoms with Crippen molar-refractivity contribution in [3.8, 4) is 0 Å². The van der Waals surface area contributed by atoms with Gasteiger partial charge in [0.25, 0.3) is 0 Å². The summed E-state index contributed by atoms with van der Waals surface area (Å²) >= 11 is 0.453. The van der Waals surface area contributed by atoms with Crippen molar-refractivity contribution in [3.63, 3.8) is 0 Å². The van der Waals surface area contributed by atoms with E-state index < -0.39 is 20.3 Å². The van der Waals surface area contributed by atoms with Crippen LogP contribution in [0.25, 0.3) is 0 Å². The van der Waals surface area contributed by atoms with Gasteiger partial charge in [-0.2, -0.15) is 0 Å². The van der Waals surface area contributed by atoms with E-state index in [1.807, 2.05) is 0 Å². The van der Waals surface area contributed by atoms with Crippen LogP contribution < -0.4 is 51.4 Å². The van der Waals surface area contributed by atoms with Crippen LogP contribution in [0.4, 0.5) is 0 Å². The fourth-order valence-electron chi connectivity index (χ4n) is 0.249. The molecule has 0 aliphatic heterocycles. The quantitative estimate of drug-likeness (QED) is 0.302. The third-order valence-corrected chi connectivity index (χ3v) is 2.92. The Balaban J connectivity index is 0. The number of hydrogen-bond donors (Lipinski definition) is 0. The number of carbonyl (C=O) groups is 1. The van der Waals surface area contributed by atoms with Gasteiger partial charge in [0.15, 0.2) is 0 Å². The van der Waals surface area contributed by atoms with E-state index in [1.54, 1.807) is 0 Å². The van der Waals surface area contributed by atoms with Crippen LogP contribution in [0.15, 0.2) is 12.2 Å². The normalized spacial score (nSPS) is 10.2. The molecule has 0 unspecified atom stereocenters. The Morgan fingerprint density at radius 1 is 1.58 bits per heavy atom. The molecule has 0 saturated heterocycles. The molecule has 0 radical (unpaired) electrons. The Kier molecular flexibility index (Phi) is 8.82. The third kappa shape index (κ3) is 9.39. The van der Waals surface area contributed by atoms with Gasteiger partial charge >= 0.3 is 51.4 Å². The minimum Gasteiger partial charge on any atom is -0.747 e. The van der Waals surface area contributed by atoms with Gasteiger partial charge in [0.05, 0.1) is 5.08 Å². The molecule has 12 heavy (non-hydrogen) atoms.